The van der Waals surface area contributed by atoms with Crippen molar-refractivity contribution in [3.05, 3.63) is 51.9 Å². The zero-order chi connectivity index (χ0) is 17.5. The molecule has 0 aliphatic carbocycles. The number of para-hydroxylation sites is 1. The average Bonchev–Trinajstić information content (AvgIpc) is 2.52. The van der Waals surface area contributed by atoms with E-state index in [1.807, 2.05) is 6.92 Å². The first-order valence-corrected chi connectivity index (χ1v) is 8.28. The van der Waals surface area contributed by atoms with Crippen molar-refractivity contribution in [3.63, 3.8) is 0 Å². The molecule has 0 unspecified atom stereocenters. The topological polar surface area (TPSA) is 72.0 Å². The lowest BCUT2D eigenvalue weighted by Crippen LogP contribution is -2.12. The van der Waals surface area contributed by atoms with Crippen molar-refractivity contribution in [2.24, 2.45) is 0 Å². The van der Waals surface area contributed by atoms with Crippen LogP contribution in [0.3, 0.4) is 0 Å². The van der Waals surface area contributed by atoms with Crippen molar-refractivity contribution in [3.8, 4) is 5.75 Å². The Morgan fingerprint density at radius 1 is 1.38 bits per heavy atom. The summed E-state index contributed by atoms with van der Waals surface area (Å²) in [5.74, 6) is -0.610. The van der Waals surface area contributed by atoms with Gasteiger partial charge in [0, 0.05) is 11.8 Å². The van der Waals surface area contributed by atoms with Crippen LogP contribution in [0.4, 0.5) is 8.78 Å². The predicted octanol–water partition coefficient (Wildman–Crippen LogP) is 3.30. The minimum Gasteiger partial charge on any atom is -0.434 e. The van der Waals surface area contributed by atoms with Crippen LogP contribution in [-0.2, 0) is 6.42 Å². The molecular weight excluding hydrogens is 338 g/mol. The van der Waals surface area contributed by atoms with Gasteiger partial charge in [0.15, 0.2) is 10.9 Å². The lowest BCUT2D eigenvalue weighted by atomic mass is 10.1. The van der Waals surface area contributed by atoms with Gasteiger partial charge in [0.05, 0.1) is 11.3 Å². The van der Waals surface area contributed by atoms with E-state index in [-0.39, 0.29) is 28.4 Å². The molecule has 8 heteroatoms. The van der Waals surface area contributed by atoms with Gasteiger partial charge in [-0.25, -0.2) is 4.98 Å². The molecule has 0 bridgehead atoms. The number of nitrogens with one attached hydrogen (secondary N) is 1. The Morgan fingerprint density at radius 2 is 2.12 bits per heavy atom. The maximum Gasteiger partial charge on any atom is 0.387 e. The van der Waals surface area contributed by atoms with Crippen LogP contribution in [0.5, 0.6) is 5.75 Å². The molecule has 24 heavy (non-hydrogen) atoms. The summed E-state index contributed by atoms with van der Waals surface area (Å²) in [5.41, 5.74) is 0.430. The summed E-state index contributed by atoms with van der Waals surface area (Å²) in [5, 5.41) is 0.326. The van der Waals surface area contributed by atoms with Crippen LogP contribution in [-0.4, -0.2) is 28.1 Å². The first kappa shape index (κ1) is 18.1. The molecule has 0 amide bonds. The number of Topliss-reactive ketones (excluding diaryl/α,β-unsaturated/α-hetero) is 1. The molecule has 5 nitrogen and oxygen atoms in total. The van der Waals surface area contributed by atoms with E-state index in [2.05, 4.69) is 14.7 Å². The average molecular weight is 354 g/mol. The molecule has 128 valence electrons. The predicted molar refractivity (Wildman–Crippen MR) is 87.0 cm³/mol. The lowest BCUT2D eigenvalue weighted by molar-refractivity contribution is -0.0501. The van der Waals surface area contributed by atoms with Gasteiger partial charge in [0.25, 0.3) is 5.56 Å². The molecule has 2 rings (SSSR count). The summed E-state index contributed by atoms with van der Waals surface area (Å²) in [4.78, 5) is 30.6. The van der Waals surface area contributed by atoms with E-state index in [1.54, 1.807) is 6.07 Å². The third kappa shape index (κ3) is 5.16. The summed E-state index contributed by atoms with van der Waals surface area (Å²) >= 11 is 1.05. The third-order valence-electron chi connectivity index (χ3n) is 3.02. The van der Waals surface area contributed by atoms with E-state index >= 15 is 0 Å². The fraction of sp³-hybridized carbons (Fsp3) is 0.312. The molecule has 0 radical (unpaired) electrons. The number of ketones is 1. The highest BCUT2D eigenvalue weighted by molar-refractivity contribution is 7.99. The zero-order valence-electron chi connectivity index (χ0n) is 12.9. The number of ether oxygens (including phenoxy) is 1. The lowest BCUT2D eigenvalue weighted by Gasteiger charge is -2.09. The summed E-state index contributed by atoms with van der Waals surface area (Å²) < 4.78 is 29.1. The van der Waals surface area contributed by atoms with Crippen LogP contribution in [0.2, 0.25) is 0 Å². The smallest absolute Gasteiger partial charge is 0.387 e. The van der Waals surface area contributed by atoms with Gasteiger partial charge in [-0.05, 0) is 18.6 Å². The maximum atomic E-state index is 12.4. The summed E-state index contributed by atoms with van der Waals surface area (Å²) in [6.45, 7) is -1.03. The van der Waals surface area contributed by atoms with Crippen LogP contribution in [0.1, 0.15) is 29.4 Å². The number of aromatic nitrogens is 2. The molecule has 0 spiro atoms. The molecular formula is C16H16F2N2O3S. The highest BCUT2D eigenvalue weighted by atomic mass is 32.2. The van der Waals surface area contributed by atoms with E-state index in [4.69, 9.17) is 0 Å². The standard InChI is InChI=1S/C16H16F2N2O3S/c1-2-5-10-8-14(22)20-16(19-10)24-9-12(21)11-6-3-4-7-13(11)23-15(17)18/h3-4,6-8,15H,2,5,9H2,1H3,(H,19,20,22). The number of carbonyl (C=O) groups is 1. The van der Waals surface area contributed by atoms with Gasteiger partial charge in [-0.3, -0.25) is 9.59 Å². The van der Waals surface area contributed by atoms with E-state index in [0.29, 0.717) is 17.3 Å². The summed E-state index contributed by atoms with van der Waals surface area (Å²) in [6, 6.07) is 7.23. The number of carbonyl (C=O) groups excluding carboxylic acids is 1. The van der Waals surface area contributed by atoms with Gasteiger partial charge in [-0.15, -0.1) is 0 Å². The van der Waals surface area contributed by atoms with Gasteiger partial charge < -0.3 is 9.72 Å². The highest BCUT2D eigenvalue weighted by Gasteiger charge is 2.16. The monoisotopic (exact) mass is 354 g/mol. The van der Waals surface area contributed by atoms with Crippen molar-refractivity contribution in [2.75, 3.05) is 5.75 Å². The Bertz CT molecular complexity index is 765. The van der Waals surface area contributed by atoms with E-state index in [9.17, 15) is 18.4 Å². The number of hydrogen-bond acceptors (Lipinski definition) is 5. The number of aryl methyl sites for hydroxylation is 1. The second kappa shape index (κ2) is 8.58. The fourth-order valence-electron chi connectivity index (χ4n) is 2.04. The quantitative estimate of drug-likeness (QED) is 0.447. The number of halogens is 2. The second-order valence-electron chi connectivity index (χ2n) is 4.88. The third-order valence-corrected chi connectivity index (χ3v) is 3.90. The van der Waals surface area contributed by atoms with Crippen molar-refractivity contribution in [1.82, 2.24) is 9.97 Å². The first-order chi connectivity index (χ1) is 11.5. The molecule has 1 aromatic carbocycles. The molecule has 0 aliphatic heterocycles. The Kier molecular flexibility index (Phi) is 6.48. The highest BCUT2D eigenvalue weighted by Crippen LogP contribution is 2.23. The molecule has 1 aromatic heterocycles. The van der Waals surface area contributed by atoms with Gasteiger partial charge in [0.2, 0.25) is 0 Å². The van der Waals surface area contributed by atoms with Crippen molar-refractivity contribution >= 4 is 17.5 Å². The first-order valence-electron chi connectivity index (χ1n) is 7.29. The largest absolute Gasteiger partial charge is 0.434 e. The molecule has 0 fully saturated rings. The van der Waals surface area contributed by atoms with Crippen molar-refractivity contribution < 1.29 is 18.3 Å². The minimum absolute atomic E-state index is 0.0534. The Morgan fingerprint density at radius 3 is 2.83 bits per heavy atom. The number of rotatable bonds is 8. The van der Waals surface area contributed by atoms with Crippen LogP contribution in [0.15, 0.2) is 40.3 Å². The molecule has 0 aliphatic rings. The summed E-state index contributed by atoms with van der Waals surface area (Å²) in [6.07, 6.45) is 1.51. The molecule has 1 heterocycles. The number of hydrogen-bond donors (Lipinski definition) is 1. The Labute approximate surface area is 141 Å². The van der Waals surface area contributed by atoms with Crippen LogP contribution >= 0.6 is 11.8 Å². The minimum atomic E-state index is -3.00. The van der Waals surface area contributed by atoms with Gasteiger partial charge in [-0.2, -0.15) is 8.78 Å². The van der Waals surface area contributed by atoms with E-state index in [1.165, 1.54) is 24.3 Å². The number of H-pyrrole nitrogens is 1. The van der Waals surface area contributed by atoms with E-state index in [0.717, 1.165) is 18.2 Å². The molecule has 1 N–H and O–H groups in total. The number of benzene rings is 1. The molecule has 0 atom stereocenters. The van der Waals surface area contributed by atoms with E-state index < -0.39 is 6.61 Å². The number of aromatic amines is 1. The van der Waals surface area contributed by atoms with Gasteiger partial charge in [-0.1, -0.05) is 37.2 Å². The van der Waals surface area contributed by atoms with Crippen molar-refractivity contribution in [2.45, 2.75) is 31.5 Å². The van der Waals surface area contributed by atoms with Gasteiger partial charge in [0.1, 0.15) is 5.75 Å². The number of alkyl halides is 2. The SMILES string of the molecule is CCCc1cc(=O)[nH]c(SCC(=O)c2ccccc2OC(F)F)n1. The maximum absolute atomic E-state index is 12.4. The normalized spacial score (nSPS) is 10.8. The summed E-state index contributed by atoms with van der Waals surface area (Å²) in [7, 11) is 0. The molecule has 2 aromatic rings. The van der Waals surface area contributed by atoms with Gasteiger partial charge >= 0.3 is 6.61 Å². The van der Waals surface area contributed by atoms with Crippen LogP contribution < -0.4 is 10.3 Å². The fourth-order valence-corrected chi connectivity index (χ4v) is 2.82. The van der Waals surface area contributed by atoms with Crippen molar-refractivity contribution in [1.29, 1.82) is 0 Å². The Hall–Kier alpha value is -2.22. The molecule has 0 saturated carbocycles. The molecule has 0 saturated heterocycles. The Balaban J connectivity index is 2.10. The number of thioether (sulfide) groups is 1. The van der Waals surface area contributed by atoms with Crippen LogP contribution in [0.25, 0.3) is 0 Å². The van der Waals surface area contributed by atoms with Crippen LogP contribution in [0, 0.1) is 0 Å². The second-order valence-corrected chi connectivity index (χ2v) is 5.84. The zero-order valence-corrected chi connectivity index (χ0v) is 13.7. The number of nitrogens with zero attached hydrogens (tertiary/aromatic N) is 1.